The standard InChI is InChI=1S/C24H29NO4/c26-23(27)19-29-18-17-28-16-15-25-13-11-22(12-14-25)24(20-7-3-1-4-8-20)21-9-5-2-6-10-21/h1-10H,11-19H2,(H,26,27). The lowest BCUT2D eigenvalue weighted by Gasteiger charge is -2.30. The van der Waals surface area contributed by atoms with E-state index in [2.05, 4.69) is 65.6 Å². The first kappa shape index (κ1) is 21.2. The van der Waals surface area contributed by atoms with Gasteiger partial charge in [0.1, 0.15) is 6.61 Å². The van der Waals surface area contributed by atoms with Crippen LogP contribution in [-0.4, -0.2) is 62.0 Å². The van der Waals surface area contributed by atoms with Crippen molar-refractivity contribution in [3.8, 4) is 0 Å². The lowest BCUT2D eigenvalue weighted by molar-refractivity contribution is -0.142. The highest BCUT2D eigenvalue weighted by atomic mass is 16.5. The summed E-state index contributed by atoms with van der Waals surface area (Å²) in [6.45, 7) is 4.05. The average molecular weight is 395 g/mol. The molecule has 1 N–H and O–H groups in total. The van der Waals surface area contributed by atoms with Crippen molar-refractivity contribution >= 4 is 11.5 Å². The summed E-state index contributed by atoms with van der Waals surface area (Å²) in [5.74, 6) is -0.951. The zero-order chi connectivity index (χ0) is 20.3. The molecule has 5 heteroatoms. The Hall–Kier alpha value is -2.47. The van der Waals surface area contributed by atoms with Gasteiger partial charge in [-0.05, 0) is 29.5 Å². The minimum Gasteiger partial charge on any atom is -0.480 e. The van der Waals surface area contributed by atoms with Gasteiger partial charge < -0.3 is 19.5 Å². The lowest BCUT2D eigenvalue weighted by atomic mass is 9.88. The second kappa shape index (κ2) is 11.5. The third-order valence-electron chi connectivity index (χ3n) is 5.09. The van der Waals surface area contributed by atoms with Gasteiger partial charge in [0.15, 0.2) is 0 Å². The normalized spacial score (nSPS) is 14.7. The molecule has 0 saturated carbocycles. The molecular formula is C24H29NO4. The molecule has 0 aromatic heterocycles. The molecule has 154 valence electrons. The molecule has 29 heavy (non-hydrogen) atoms. The largest absolute Gasteiger partial charge is 0.480 e. The summed E-state index contributed by atoms with van der Waals surface area (Å²) >= 11 is 0. The van der Waals surface area contributed by atoms with E-state index in [9.17, 15) is 4.79 Å². The third-order valence-corrected chi connectivity index (χ3v) is 5.09. The molecule has 0 amide bonds. The number of rotatable bonds is 10. The Kier molecular flexibility index (Phi) is 8.43. The van der Waals surface area contributed by atoms with E-state index in [1.165, 1.54) is 22.3 Å². The molecule has 1 fully saturated rings. The second-order valence-electron chi connectivity index (χ2n) is 7.11. The molecule has 1 heterocycles. The summed E-state index contributed by atoms with van der Waals surface area (Å²) in [7, 11) is 0. The van der Waals surface area contributed by atoms with Crippen LogP contribution in [0.4, 0.5) is 0 Å². The first-order chi connectivity index (χ1) is 14.2. The highest BCUT2D eigenvalue weighted by Gasteiger charge is 2.18. The maximum absolute atomic E-state index is 10.4. The molecule has 0 unspecified atom stereocenters. The number of nitrogens with zero attached hydrogens (tertiary/aromatic N) is 1. The average Bonchev–Trinajstić information content (AvgIpc) is 2.76. The van der Waals surface area contributed by atoms with Gasteiger partial charge in [0.05, 0.1) is 19.8 Å². The van der Waals surface area contributed by atoms with Gasteiger partial charge in [-0.1, -0.05) is 66.2 Å². The Morgan fingerprint density at radius 3 is 1.93 bits per heavy atom. The molecule has 0 spiro atoms. The van der Waals surface area contributed by atoms with Crippen LogP contribution in [0, 0.1) is 0 Å². The highest BCUT2D eigenvalue weighted by Crippen LogP contribution is 2.32. The predicted molar refractivity (Wildman–Crippen MR) is 114 cm³/mol. The van der Waals surface area contributed by atoms with E-state index in [1.807, 2.05) is 0 Å². The third kappa shape index (κ3) is 6.82. The molecule has 0 aliphatic carbocycles. The first-order valence-electron chi connectivity index (χ1n) is 10.2. The maximum Gasteiger partial charge on any atom is 0.329 e. The monoisotopic (exact) mass is 395 g/mol. The predicted octanol–water partition coefficient (Wildman–Crippen LogP) is 3.70. The zero-order valence-electron chi connectivity index (χ0n) is 16.8. The van der Waals surface area contributed by atoms with Gasteiger partial charge >= 0.3 is 5.97 Å². The molecule has 2 aromatic carbocycles. The van der Waals surface area contributed by atoms with Crippen molar-refractivity contribution in [2.24, 2.45) is 0 Å². The van der Waals surface area contributed by atoms with Gasteiger partial charge in [0.2, 0.25) is 0 Å². The number of aliphatic carboxylic acids is 1. The number of benzene rings is 2. The highest BCUT2D eigenvalue weighted by molar-refractivity contribution is 5.82. The fraction of sp³-hybridized carbons (Fsp3) is 0.375. The molecule has 0 bridgehead atoms. The van der Waals surface area contributed by atoms with E-state index in [0.29, 0.717) is 19.8 Å². The molecule has 0 radical (unpaired) electrons. The van der Waals surface area contributed by atoms with Crippen LogP contribution in [0.15, 0.2) is 66.2 Å². The number of likely N-dealkylation sites (tertiary alicyclic amines) is 1. The van der Waals surface area contributed by atoms with Gasteiger partial charge in [-0.25, -0.2) is 4.79 Å². The summed E-state index contributed by atoms with van der Waals surface area (Å²) < 4.78 is 10.5. The topological polar surface area (TPSA) is 59.0 Å². The van der Waals surface area contributed by atoms with E-state index < -0.39 is 5.97 Å². The van der Waals surface area contributed by atoms with Crippen molar-refractivity contribution in [3.63, 3.8) is 0 Å². The number of carboxylic acids is 1. The van der Waals surface area contributed by atoms with Gasteiger partial charge in [0.25, 0.3) is 0 Å². The fourth-order valence-corrected chi connectivity index (χ4v) is 3.65. The summed E-state index contributed by atoms with van der Waals surface area (Å²) in [5.41, 5.74) is 5.46. The Labute approximate surface area is 172 Å². The SMILES string of the molecule is O=C(O)COCCOCCN1CCC(=C(c2ccccc2)c2ccccc2)CC1. The molecule has 0 atom stereocenters. The quantitative estimate of drug-likeness (QED) is 0.622. The van der Waals surface area contributed by atoms with Crippen molar-refractivity contribution in [2.75, 3.05) is 46.1 Å². The van der Waals surface area contributed by atoms with E-state index in [1.54, 1.807) is 0 Å². The number of carbonyl (C=O) groups is 1. The number of hydrogen-bond acceptors (Lipinski definition) is 4. The number of hydrogen-bond donors (Lipinski definition) is 1. The molecule has 5 nitrogen and oxygen atoms in total. The van der Waals surface area contributed by atoms with E-state index in [-0.39, 0.29) is 6.61 Å². The Morgan fingerprint density at radius 1 is 0.828 bits per heavy atom. The van der Waals surface area contributed by atoms with Crippen LogP contribution in [-0.2, 0) is 14.3 Å². The second-order valence-corrected chi connectivity index (χ2v) is 7.11. The Morgan fingerprint density at radius 2 is 1.38 bits per heavy atom. The van der Waals surface area contributed by atoms with Crippen LogP contribution in [0.2, 0.25) is 0 Å². The van der Waals surface area contributed by atoms with Crippen molar-refractivity contribution in [2.45, 2.75) is 12.8 Å². The van der Waals surface area contributed by atoms with Crippen LogP contribution >= 0.6 is 0 Å². The van der Waals surface area contributed by atoms with E-state index in [0.717, 1.165) is 32.5 Å². The minimum absolute atomic E-state index is 0.268. The molecule has 1 saturated heterocycles. The molecular weight excluding hydrogens is 366 g/mol. The lowest BCUT2D eigenvalue weighted by Crippen LogP contribution is -2.34. The van der Waals surface area contributed by atoms with Gasteiger partial charge in [-0.3, -0.25) is 0 Å². The summed E-state index contributed by atoms with van der Waals surface area (Å²) in [6, 6.07) is 21.3. The zero-order valence-corrected chi connectivity index (χ0v) is 16.8. The van der Waals surface area contributed by atoms with Crippen molar-refractivity contribution < 1.29 is 19.4 Å². The van der Waals surface area contributed by atoms with Crippen LogP contribution in [0.3, 0.4) is 0 Å². The van der Waals surface area contributed by atoms with Crippen molar-refractivity contribution in [1.82, 2.24) is 4.90 Å². The van der Waals surface area contributed by atoms with Gasteiger partial charge in [-0.2, -0.15) is 0 Å². The first-order valence-corrected chi connectivity index (χ1v) is 10.2. The summed E-state index contributed by atoms with van der Waals surface area (Å²) in [4.78, 5) is 12.8. The molecule has 2 aromatic rings. The summed E-state index contributed by atoms with van der Waals surface area (Å²) in [5, 5.41) is 8.52. The maximum atomic E-state index is 10.4. The fourth-order valence-electron chi connectivity index (χ4n) is 3.65. The minimum atomic E-state index is -0.951. The van der Waals surface area contributed by atoms with Crippen LogP contribution in [0.5, 0.6) is 0 Å². The van der Waals surface area contributed by atoms with E-state index >= 15 is 0 Å². The summed E-state index contributed by atoms with van der Waals surface area (Å²) in [6.07, 6.45) is 2.11. The molecule has 3 rings (SSSR count). The number of carboxylic acid groups (broad SMARTS) is 1. The molecule has 1 aliphatic rings. The van der Waals surface area contributed by atoms with Crippen LogP contribution in [0.25, 0.3) is 5.57 Å². The Bertz CT molecular complexity index is 738. The van der Waals surface area contributed by atoms with Crippen molar-refractivity contribution in [3.05, 3.63) is 77.4 Å². The van der Waals surface area contributed by atoms with Gasteiger partial charge in [0, 0.05) is 19.6 Å². The molecule has 1 aliphatic heterocycles. The Balaban J connectivity index is 1.52. The van der Waals surface area contributed by atoms with Crippen LogP contribution in [0.1, 0.15) is 24.0 Å². The van der Waals surface area contributed by atoms with E-state index in [4.69, 9.17) is 14.6 Å². The number of ether oxygens (including phenoxy) is 2. The smallest absolute Gasteiger partial charge is 0.329 e. The van der Waals surface area contributed by atoms with Gasteiger partial charge in [-0.15, -0.1) is 0 Å². The van der Waals surface area contributed by atoms with Crippen LogP contribution < -0.4 is 0 Å². The van der Waals surface area contributed by atoms with Crippen molar-refractivity contribution in [1.29, 1.82) is 0 Å². The number of piperidine rings is 1.